The van der Waals surface area contributed by atoms with E-state index in [2.05, 4.69) is 46.4 Å². The minimum atomic E-state index is -0.0355. The van der Waals surface area contributed by atoms with Gasteiger partial charge in [-0.05, 0) is 6.92 Å². The lowest BCUT2D eigenvalue weighted by Gasteiger charge is -2.20. The van der Waals surface area contributed by atoms with E-state index in [-0.39, 0.29) is 29.4 Å². The van der Waals surface area contributed by atoms with Crippen LogP contribution in [0.4, 0.5) is 0 Å². The number of oxazole rings is 1. The van der Waals surface area contributed by atoms with E-state index in [4.69, 9.17) is 4.42 Å². The van der Waals surface area contributed by atoms with E-state index in [0.29, 0.717) is 19.0 Å². The number of rotatable bonds is 4. The second-order valence-corrected chi connectivity index (χ2v) is 7.55. The van der Waals surface area contributed by atoms with Crippen molar-refractivity contribution in [2.24, 2.45) is 4.99 Å². The molecule has 0 saturated heterocycles. The van der Waals surface area contributed by atoms with Gasteiger partial charge in [0.1, 0.15) is 5.76 Å². The summed E-state index contributed by atoms with van der Waals surface area (Å²) in [5.74, 6) is 2.33. The zero-order valence-corrected chi connectivity index (χ0v) is 18.2. The predicted octanol–water partition coefficient (Wildman–Crippen LogP) is 3.56. The normalized spacial score (nSPS) is 12.0. The fraction of sp³-hybridized carbons (Fsp3) is 0.562. The number of guanidine groups is 1. The molecule has 1 N–H and O–H groups in total. The molecule has 0 aliphatic rings. The van der Waals surface area contributed by atoms with E-state index in [1.165, 1.54) is 0 Å². The Hall–Kier alpha value is -1.16. The first-order valence-electron chi connectivity index (χ1n) is 7.57. The number of aromatic nitrogens is 2. The molecule has 2 aromatic rings. The lowest BCUT2D eigenvalue weighted by Crippen LogP contribution is -2.38. The first kappa shape index (κ1) is 20.9. The molecule has 2 aromatic heterocycles. The predicted molar refractivity (Wildman–Crippen MR) is 109 cm³/mol. The molecule has 8 heteroatoms. The van der Waals surface area contributed by atoms with Crippen LogP contribution in [-0.2, 0) is 18.5 Å². The van der Waals surface area contributed by atoms with E-state index in [1.54, 1.807) is 24.6 Å². The van der Waals surface area contributed by atoms with Gasteiger partial charge in [-0.25, -0.2) is 9.97 Å². The molecule has 0 radical (unpaired) electrons. The summed E-state index contributed by atoms with van der Waals surface area (Å²) in [6, 6.07) is 0. The molecule has 0 aliphatic carbocycles. The van der Waals surface area contributed by atoms with E-state index in [0.717, 1.165) is 22.4 Å². The highest BCUT2D eigenvalue weighted by Gasteiger charge is 2.19. The van der Waals surface area contributed by atoms with Crippen molar-refractivity contribution in [2.75, 3.05) is 14.1 Å². The number of halogens is 1. The van der Waals surface area contributed by atoms with E-state index < -0.39 is 0 Å². The third kappa shape index (κ3) is 5.73. The third-order valence-corrected chi connectivity index (χ3v) is 4.15. The quantitative estimate of drug-likeness (QED) is 0.427. The molecule has 0 aromatic carbocycles. The van der Waals surface area contributed by atoms with Crippen molar-refractivity contribution in [2.45, 2.75) is 46.2 Å². The topological polar surface area (TPSA) is 66.6 Å². The van der Waals surface area contributed by atoms with Crippen LogP contribution in [-0.4, -0.2) is 34.9 Å². The van der Waals surface area contributed by atoms with Gasteiger partial charge in [0.15, 0.2) is 5.96 Å². The molecule has 0 unspecified atom stereocenters. The molecule has 0 aliphatic heterocycles. The van der Waals surface area contributed by atoms with Crippen molar-refractivity contribution in [1.29, 1.82) is 0 Å². The lowest BCUT2D eigenvalue weighted by atomic mass is 9.94. The highest BCUT2D eigenvalue weighted by Crippen LogP contribution is 2.22. The Labute approximate surface area is 164 Å². The zero-order valence-electron chi connectivity index (χ0n) is 15.1. The van der Waals surface area contributed by atoms with Crippen LogP contribution in [0, 0.1) is 6.92 Å². The molecule has 0 spiro atoms. The minimum absolute atomic E-state index is 0. The molecule has 2 heterocycles. The Bertz CT molecular complexity index is 674. The molecule has 2 rings (SSSR count). The Morgan fingerprint density at radius 2 is 2.12 bits per heavy atom. The number of nitrogens with one attached hydrogen (secondary N) is 1. The van der Waals surface area contributed by atoms with Crippen LogP contribution in [0.2, 0.25) is 0 Å². The van der Waals surface area contributed by atoms with Crippen molar-refractivity contribution in [3.63, 3.8) is 0 Å². The fourth-order valence-electron chi connectivity index (χ4n) is 2.08. The number of hydrogen-bond acceptors (Lipinski definition) is 5. The van der Waals surface area contributed by atoms with Crippen LogP contribution in [0.25, 0.3) is 0 Å². The summed E-state index contributed by atoms with van der Waals surface area (Å²) >= 11 is 1.66. The van der Waals surface area contributed by atoms with Gasteiger partial charge in [-0.3, -0.25) is 4.99 Å². The summed E-state index contributed by atoms with van der Waals surface area (Å²) in [5, 5.41) is 6.42. The average molecular weight is 463 g/mol. The molecular formula is C16H26IN5OS. The van der Waals surface area contributed by atoms with E-state index in [9.17, 15) is 0 Å². The Kier molecular flexibility index (Phi) is 7.65. The summed E-state index contributed by atoms with van der Waals surface area (Å²) < 4.78 is 5.79. The van der Waals surface area contributed by atoms with Crippen molar-refractivity contribution in [3.8, 4) is 0 Å². The second-order valence-electron chi connectivity index (χ2n) is 6.48. The van der Waals surface area contributed by atoms with Gasteiger partial charge in [-0.15, -0.1) is 35.3 Å². The second kappa shape index (κ2) is 8.80. The van der Waals surface area contributed by atoms with Crippen LogP contribution >= 0.6 is 35.3 Å². The molecule has 24 heavy (non-hydrogen) atoms. The summed E-state index contributed by atoms with van der Waals surface area (Å²) in [4.78, 5) is 15.1. The SMILES string of the molecule is CN=C(NCc1ncc(C(C)(C)C)o1)N(C)Cc1csc(C)n1.I. The monoisotopic (exact) mass is 463 g/mol. The minimum Gasteiger partial charge on any atom is -0.443 e. The number of aliphatic imine (C=N–C) groups is 1. The maximum Gasteiger partial charge on any atom is 0.213 e. The van der Waals surface area contributed by atoms with Crippen molar-refractivity contribution in [3.05, 3.63) is 33.9 Å². The van der Waals surface area contributed by atoms with Crippen LogP contribution in [0.15, 0.2) is 21.0 Å². The van der Waals surface area contributed by atoms with E-state index >= 15 is 0 Å². The van der Waals surface area contributed by atoms with Gasteiger partial charge in [0, 0.05) is 24.9 Å². The maximum atomic E-state index is 5.79. The van der Waals surface area contributed by atoms with Crippen molar-refractivity contribution < 1.29 is 4.42 Å². The molecule has 0 fully saturated rings. The summed E-state index contributed by atoms with van der Waals surface area (Å²) in [7, 11) is 3.75. The average Bonchev–Trinajstić information content (AvgIpc) is 3.08. The molecule has 0 atom stereocenters. The summed E-state index contributed by atoms with van der Waals surface area (Å²) in [6.45, 7) is 9.54. The van der Waals surface area contributed by atoms with Gasteiger partial charge in [0.05, 0.1) is 30.0 Å². The maximum absolute atomic E-state index is 5.79. The highest BCUT2D eigenvalue weighted by atomic mass is 127. The summed E-state index contributed by atoms with van der Waals surface area (Å²) in [6.07, 6.45) is 1.79. The van der Waals surface area contributed by atoms with Crippen LogP contribution in [0.3, 0.4) is 0 Å². The van der Waals surface area contributed by atoms with Gasteiger partial charge >= 0.3 is 0 Å². The van der Waals surface area contributed by atoms with Crippen LogP contribution < -0.4 is 5.32 Å². The van der Waals surface area contributed by atoms with Crippen LogP contribution in [0.1, 0.15) is 43.1 Å². The van der Waals surface area contributed by atoms with Crippen molar-refractivity contribution in [1.82, 2.24) is 20.2 Å². The van der Waals surface area contributed by atoms with Crippen LogP contribution in [0.5, 0.6) is 0 Å². The number of nitrogens with zero attached hydrogens (tertiary/aromatic N) is 4. The molecular weight excluding hydrogens is 437 g/mol. The molecule has 0 amide bonds. The first-order valence-corrected chi connectivity index (χ1v) is 8.45. The Morgan fingerprint density at radius 1 is 1.42 bits per heavy atom. The standard InChI is InChI=1S/C16H25N5OS.HI/c1-11-20-12(10-23-11)9-21(6)15(17-5)19-8-14-18-7-13(22-14)16(2,3)4;/h7,10H,8-9H2,1-6H3,(H,17,19);1H. The van der Waals surface area contributed by atoms with Gasteiger partial charge in [0.25, 0.3) is 0 Å². The number of aryl methyl sites for hydroxylation is 1. The first-order chi connectivity index (χ1) is 10.8. The number of hydrogen-bond donors (Lipinski definition) is 1. The van der Waals surface area contributed by atoms with Gasteiger partial charge in [-0.1, -0.05) is 20.8 Å². The Morgan fingerprint density at radius 3 is 2.62 bits per heavy atom. The molecule has 6 nitrogen and oxygen atoms in total. The summed E-state index contributed by atoms with van der Waals surface area (Å²) in [5.41, 5.74) is 1.01. The fourth-order valence-corrected chi connectivity index (χ4v) is 2.68. The van der Waals surface area contributed by atoms with E-state index in [1.807, 2.05) is 18.9 Å². The van der Waals surface area contributed by atoms with Gasteiger partial charge in [0.2, 0.25) is 5.89 Å². The molecule has 134 valence electrons. The Balaban J connectivity index is 0.00000288. The molecule has 0 bridgehead atoms. The largest absolute Gasteiger partial charge is 0.443 e. The third-order valence-electron chi connectivity index (χ3n) is 3.33. The molecule has 0 saturated carbocycles. The van der Waals surface area contributed by atoms with Gasteiger partial charge < -0.3 is 14.6 Å². The number of thiazole rings is 1. The smallest absolute Gasteiger partial charge is 0.213 e. The van der Waals surface area contributed by atoms with Gasteiger partial charge in [-0.2, -0.15) is 0 Å². The lowest BCUT2D eigenvalue weighted by molar-refractivity contribution is 0.376. The van der Waals surface area contributed by atoms with Crippen molar-refractivity contribution >= 4 is 41.3 Å². The zero-order chi connectivity index (χ0) is 17.0. The highest BCUT2D eigenvalue weighted by molar-refractivity contribution is 14.0.